The van der Waals surface area contributed by atoms with Gasteiger partial charge in [-0.25, -0.2) is 0 Å². The molecule has 2 rings (SSSR count). The molecule has 0 aromatic carbocycles. The molecule has 1 amide bonds. The smallest absolute Gasteiger partial charge is 0.238 e. The molecule has 15 heavy (non-hydrogen) atoms. The third-order valence-electron chi connectivity index (χ3n) is 4.14. The highest BCUT2D eigenvalue weighted by Gasteiger charge is 2.42. The predicted molar refractivity (Wildman–Crippen MR) is 59.4 cm³/mol. The van der Waals surface area contributed by atoms with Gasteiger partial charge in [0.2, 0.25) is 5.91 Å². The summed E-state index contributed by atoms with van der Waals surface area (Å²) in [6, 6.07) is 0.696. The number of rotatable bonds is 4. The Labute approximate surface area is 91.2 Å². The Morgan fingerprint density at radius 2 is 2.33 bits per heavy atom. The topological polar surface area (TPSA) is 58.4 Å². The standard InChI is InChI=1S/C11H21N3O/c1-11(13-2,10(12)15)7-14-6-8-3-4-9(14)5-8/h8-9,13H,3-7H2,1-2H3,(H2,12,15). The Morgan fingerprint density at radius 1 is 1.60 bits per heavy atom. The number of carbonyl (C=O) groups is 1. The SMILES string of the molecule is CNC(C)(CN1CC2CCC1C2)C(N)=O. The number of nitrogens with two attached hydrogens (primary N) is 1. The number of piperidine rings is 1. The number of nitrogens with one attached hydrogen (secondary N) is 1. The maximum atomic E-state index is 11.4. The summed E-state index contributed by atoms with van der Waals surface area (Å²) < 4.78 is 0. The van der Waals surface area contributed by atoms with E-state index in [0.717, 1.165) is 19.0 Å². The van der Waals surface area contributed by atoms with Crippen molar-refractivity contribution in [3.8, 4) is 0 Å². The van der Waals surface area contributed by atoms with Crippen LogP contribution in [0, 0.1) is 5.92 Å². The molecule has 2 aliphatic rings. The molecule has 1 saturated heterocycles. The van der Waals surface area contributed by atoms with Crippen LogP contribution in [-0.2, 0) is 4.79 Å². The quantitative estimate of drug-likeness (QED) is 0.684. The first-order valence-corrected chi connectivity index (χ1v) is 5.78. The van der Waals surface area contributed by atoms with Crippen LogP contribution in [0.25, 0.3) is 0 Å². The maximum absolute atomic E-state index is 11.4. The van der Waals surface area contributed by atoms with Crippen LogP contribution in [0.2, 0.25) is 0 Å². The average Bonchev–Trinajstić information content (AvgIpc) is 2.78. The van der Waals surface area contributed by atoms with Crippen LogP contribution >= 0.6 is 0 Å². The van der Waals surface area contributed by atoms with Gasteiger partial charge < -0.3 is 11.1 Å². The zero-order valence-electron chi connectivity index (χ0n) is 9.62. The molecular formula is C11H21N3O. The second-order valence-corrected chi connectivity index (χ2v) is 5.21. The fraction of sp³-hybridized carbons (Fsp3) is 0.909. The largest absolute Gasteiger partial charge is 0.368 e. The van der Waals surface area contributed by atoms with E-state index in [-0.39, 0.29) is 5.91 Å². The van der Waals surface area contributed by atoms with Crippen LogP contribution in [0.3, 0.4) is 0 Å². The monoisotopic (exact) mass is 211 g/mol. The molecule has 3 unspecified atom stereocenters. The summed E-state index contributed by atoms with van der Waals surface area (Å²) >= 11 is 0. The van der Waals surface area contributed by atoms with Crippen LogP contribution in [-0.4, -0.2) is 42.5 Å². The molecule has 0 spiro atoms. The molecule has 0 radical (unpaired) electrons. The summed E-state index contributed by atoms with van der Waals surface area (Å²) in [5.74, 6) is 0.608. The first-order valence-electron chi connectivity index (χ1n) is 5.78. The van der Waals surface area contributed by atoms with Crippen LogP contribution in [0.5, 0.6) is 0 Å². The Balaban J connectivity index is 1.99. The number of carbonyl (C=O) groups excluding carboxylic acids is 1. The van der Waals surface area contributed by atoms with E-state index in [4.69, 9.17) is 5.73 Å². The maximum Gasteiger partial charge on any atom is 0.238 e. The lowest BCUT2D eigenvalue weighted by Gasteiger charge is -2.35. The van der Waals surface area contributed by atoms with Gasteiger partial charge in [-0.15, -0.1) is 0 Å². The minimum atomic E-state index is -0.579. The van der Waals surface area contributed by atoms with Gasteiger partial charge in [0.25, 0.3) is 0 Å². The molecule has 4 nitrogen and oxygen atoms in total. The summed E-state index contributed by atoms with van der Waals surface area (Å²) in [5.41, 5.74) is 4.85. The predicted octanol–water partition coefficient (Wildman–Crippen LogP) is -0.0659. The minimum Gasteiger partial charge on any atom is -0.368 e. The van der Waals surface area contributed by atoms with E-state index in [1.54, 1.807) is 7.05 Å². The van der Waals surface area contributed by atoms with Crippen molar-refractivity contribution in [1.29, 1.82) is 0 Å². The van der Waals surface area contributed by atoms with Crippen LogP contribution in [0.15, 0.2) is 0 Å². The first-order chi connectivity index (χ1) is 7.05. The summed E-state index contributed by atoms with van der Waals surface area (Å²) in [5, 5.41) is 3.05. The molecule has 1 heterocycles. The normalized spacial score (nSPS) is 34.3. The average molecular weight is 211 g/mol. The van der Waals surface area contributed by atoms with Gasteiger partial charge in [-0.3, -0.25) is 9.69 Å². The number of fused-ring (bicyclic) bond motifs is 2. The summed E-state index contributed by atoms with van der Waals surface area (Å²) in [6.45, 7) is 3.79. The number of hydrogen-bond acceptors (Lipinski definition) is 3. The lowest BCUT2D eigenvalue weighted by Crippen LogP contribution is -2.59. The van der Waals surface area contributed by atoms with Gasteiger partial charge in [0.1, 0.15) is 5.54 Å². The molecule has 1 saturated carbocycles. The molecule has 0 aromatic heterocycles. The second-order valence-electron chi connectivity index (χ2n) is 5.21. The highest BCUT2D eigenvalue weighted by molar-refractivity contribution is 5.84. The molecule has 2 fully saturated rings. The van der Waals surface area contributed by atoms with Gasteiger partial charge in [-0.1, -0.05) is 0 Å². The number of likely N-dealkylation sites (N-methyl/N-ethyl adjacent to an activating group) is 1. The third-order valence-corrected chi connectivity index (χ3v) is 4.14. The number of hydrogen-bond donors (Lipinski definition) is 2. The van der Waals surface area contributed by atoms with Gasteiger partial charge in [0.15, 0.2) is 0 Å². The number of amides is 1. The Bertz CT molecular complexity index is 269. The summed E-state index contributed by atoms with van der Waals surface area (Å²) in [6.07, 6.45) is 3.98. The van der Waals surface area contributed by atoms with E-state index in [2.05, 4.69) is 10.2 Å². The van der Waals surface area contributed by atoms with Crippen LogP contribution in [0.1, 0.15) is 26.2 Å². The van der Waals surface area contributed by atoms with E-state index >= 15 is 0 Å². The summed E-state index contributed by atoms with van der Waals surface area (Å²) in [7, 11) is 1.80. The van der Waals surface area contributed by atoms with Gasteiger partial charge in [0, 0.05) is 19.1 Å². The van der Waals surface area contributed by atoms with E-state index in [0.29, 0.717) is 6.04 Å². The van der Waals surface area contributed by atoms with Crippen molar-refractivity contribution in [1.82, 2.24) is 10.2 Å². The van der Waals surface area contributed by atoms with Crippen LogP contribution in [0.4, 0.5) is 0 Å². The van der Waals surface area contributed by atoms with Gasteiger partial charge >= 0.3 is 0 Å². The molecule has 1 aliphatic carbocycles. The molecule has 86 valence electrons. The highest BCUT2D eigenvalue weighted by atomic mass is 16.1. The summed E-state index contributed by atoms with van der Waals surface area (Å²) in [4.78, 5) is 13.8. The lowest BCUT2D eigenvalue weighted by atomic mass is 9.99. The lowest BCUT2D eigenvalue weighted by molar-refractivity contribution is -0.124. The van der Waals surface area contributed by atoms with Gasteiger partial charge in [-0.05, 0) is 39.2 Å². The second kappa shape index (κ2) is 3.76. The Kier molecular flexibility index (Phi) is 2.73. The zero-order chi connectivity index (χ0) is 11.1. The Hall–Kier alpha value is -0.610. The number of likely N-dealkylation sites (tertiary alicyclic amines) is 1. The highest BCUT2D eigenvalue weighted by Crippen LogP contribution is 2.37. The van der Waals surface area contributed by atoms with Gasteiger partial charge in [-0.2, -0.15) is 0 Å². The molecular weight excluding hydrogens is 190 g/mol. The van der Waals surface area contributed by atoms with Crippen molar-refractivity contribution in [2.75, 3.05) is 20.1 Å². The van der Waals surface area contributed by atoms with E-state index < -0.39 is 5.54 Å². The third kappa shape index (κ3) is 1.88. The minimum absolute atomic E-state index is 0.257. The van der Waals surface area contributed by atoms with Crippen LogP contribution < -0.4 is 11.1 Å². The van der Waals surface area contributed by atoms with Crippen molar-refractivity contribution in [3.05, 3.63) is 0 Å². The van der Waals surface area contributed by atoms with Crippen molar-refractivity contribution in [2.24, 2.45) is 11.7 Å². The van der Waals surface area contributed by atoms with Crippen molar-refractivity contribution < 1.29 is 4.79 Å². The number of nitrogens with zero attached hydrogens (tertiary/aromatic N) is 1. The molecule has 3 N–H and O–H groups in total. The van der Waals surface area contributed by atoms with E-state index in [1.807, 2.05) is 6.92 Å². The molecule has 1 aliphatic heterocycles. The Morgan fingerprint density at radius 3 is 2.73 bits per heavy atom. The first kappa shape index (κ1) is 10.9. The van der Waals surface area contributed by atoms with E-state index in [9.17, 15) is 4.79 Å². The fourth-order valence-electron chi connectivity index (χ4n) is 2.91. The molecule has 2 bridgehead atoms. The van der Waals surface area contributed by atoms with Gasteiger partial charge in [0.05, 0.1) is 0 Å². The van der Waals surface area contributed by atoms with Crippen molar-refractivity contribution >= 4 is 5.91 Å². The van der Waals surface area contributed by atoms with Crippen molar-refractivity contribution in [2.45, 2.75) is 37.8 Å². The fourth-order valence-corrected chi connectivity index (χ4v) is 2.91. The zero-order valence-corrected chi connectivity index (χ0v) is 9.62. The molecule has 0 aromatic rings. The molecule has 3 atom stereocenters. The van der Waals surface area contributed by atoms with Crippen molar-refractivity contribution in [3.63, 3.8) is 0 Å². The van der Waals surface area contributed by atoms with E-state index in [1.165, 1.54) is 19.3 Å². The number of primary amides is 1. The molecule has 4 heteroatoms.